The maximum atomic E-state index is 10.3. The molecule has 1 aliphatic rings. The average Bonchev–Trinajstić information content (AvgIpc) is 3.27. The van der Waals surface area contributed by atoms with Crippen molar-refractivity contribution in [1.82, 2.24) is 4.98 Å². The molecular formula is C17H19NO. The summed E-state index contributed by atoms with van der Waals surface area (Å²) in [6.45, 7) is 0. The summed E-state index contributed by atoms with van der Waals surface area (Å²) < 4.78 is 0. The number of rotatable bonds is 5. The van der Waals surface area contributed by atoms with Crippen molar-refractivity contribution >= 4 is 0 Å². The maximum absolute atomic E-state index is 10.3. The van der Waals surface area contributed by atoms with Crippen molar-refractivity contribution in [1.29, 1.82) is 0 Å². The Bertz CT molecular complexity index is 511. The van der Waals surface area contributed by atoms with Gasteiger partial charge in [0.2, 0.25) is 0 Å². The van der Waals surface area contributed by atoms with Crippen LogP contribution in [0.5, 0.6) is 0 Å². The molecule has 19 heavy (non-hydrogen) atoms. The monoisotopic (exact) mass is 253 g/mol. The first-order valence-corrected chi connectivity index (χ1v) is 6.96. The van der Waals surface area contributed by atoms with Gasteiger partial charge in [0.1, 0.15) is 0 Å². The summed E-state index contributed by atoms with van der Waals surface area (Å²) >= 11 is 0. The van der Waals surface area contributed by atoms with Crippen LogP contribution in [0.2, 0.25) is 0 Å². The van der Waals surface area contributed by atoms with Gasteiger partial charge in [-0.25, -0.2) is 0 Å². The van der Waals surface area contributed by atoms with E-state index >= 15 is 0 Å². The normalized spacial score (nSPS) is 23.0. The molecule has 1 aromatic heterocycles. The Hall–Kier alpha value is -1.67. The van der Waals surface area contributed by atoms with Crippen LogP contribution in [-0.2, 0) is 6.42 Å². The Labute approximate surface area is 114 Å². The fourth-order valence-corrected chi connectivity index (χ4v) is 2.80. The van der Waals surface area contributed by atoms with Crippen LogP contribution in [0.3, 0.4) is 0 Å². The second kappa shape index (κ2) is 5.54. The molecule has 2 aromatic rings. The van der Waals surface area contributed by atoms with Gasteiger partial charge in [-0.15, -0.1) is 0 Å². The van der Waals surface area contributed by atoms with Crippen molar-refractivity contribution in [3.63, 3.8) is 0 Å². The fourth-order valence-electron chi connectivity index (χ4n) is 2.80. The number of benzene rings is 1. The van der Waals surface area contributed by atoms with Crippen molar-refractivity contribution < 1.29 is 5.11 Å². The molecule has 1 aromatic carbocycles. The van der Waals surface area contributed by atoms with Crippen molar-refractivity contribution in [2.45, 2.75) is 31.3 Å². The lowest BCUT2D eigenvalue weighted by atomic mass is 10.0. The molecule has 98 valence electrons. The summed E-state index contributed by atoms with van der Waals surface area (Å²) in [5.41, 5.74) is 2.58. The lowest BCUT2D eigenvalue weighted by Crippen LogP contribution is -2.11. The maximum Gasteiger partial charge on any atom is 0.0577 e. The number of aryl methyl sites for hydroxylation is 1. The van der Waals surface area contributed by atoms with E-state index in [0.717, 1.165) is 19.3 Å². The molecule has 1 aliphatic carbocycles. The first kappa shape index (κ1) is 12.4. The second-order valence-corrected chi connectivity index (χ2v) is 5.38. The minimum Gasteiger partial charge on any atom is -0.393 e. The number of hydrogen-bond donors (Lipinski definition) is 1. The molecule has 0 radical (unpaired) electrons. The minimum atomic E-state index is -0.189. The van der Waals surface area contributed by atoms with Gasteiger partial charge in [-0.3, -0.25) is 4.98 Å². The van der Waals surface area contributed by atoms with Crippen molar-refractivity contribution in [2.24, 2.45) is 5.92 Å². The molecular weight excluding hydrogens is 234 g/mol. The number of aliphatic hydroxyl groups excluding tert-OH is 1. The van der Waals surface area contributed by atoms with Crippen LogP contribution >= 0.6 is 0 Å². The predicted octanol–water partition coefficient (Wildman–Crippen LogP) is 3.18. The van der Waals surface area contributed by atoms with E-state index in [0.29, 0.717) is 11.8 Å². The highest BCUT2D eigenvalue weighted by Gasteiger charge is 2.42. The number of aromatic nitrogens is 1. The van der Waals surface area contributed by atoms with Gasteiger partial charge in [-0.05, 0) is 48.3 Å². The molecule has 1 saturated carbocycles. The minimum absolute atomic E-state index is 0.189. The number of pyridine rings is 1. The Kier molecular flexibility index (Phi) is 3.60. The average molecular weight is 253 g/mol. The van der Waals surface area contributed by atoms with E-state index in [1.54, 1.807) is 6.20 Å². The smallest absolute Gasteiger partial charge is 0.0577 e. The Morgan fingerprint density at radius 2 is 2.00 bits per heavy atom. The molecule has 2 heteroatoms. The molecule has 1 heterocycles. The molecule has 0 amide bonds. The highest BCUT2D eigenvalue weighted by molar-refractivity contribution is 5.26. The third-order valence-corrected chi connectivity index (χ3v) is 4.01. The topological polar surface area (TPSA) is 33.1 Å². The molecule has 0 aliphatic heterocycles. The number of aliphatic hydroxyl groups is 1. The van der Waals surface area contributed by atoms with Crippen LogP contribution in [0.1, 0.15) is 29.9 Å². The zero-order chi connectivity index (χ0) is 13.1. The van der Waals surface area contributed by atoms with Gasteiger partial charge in [0.15, 0.2) is 0 Å². The predicted molar refractivity (Wildman–Crippen MR) is 75.9 cm³/mol. The van der Waals surface area contributed by atoms with Gasteiger partial charge in [-0.1, -0.05) is 36.4 Å². The van der Waals surface area contributed by atoms with E-state index in [1.807, 2.05) is 18.3 Å². The molecule has 3 atom stereocenters. The van der Waals surface area contributed by atoms with E-state index in [9.17, 15) is 5.11 Å². The highest BCUT2D eigenvalue weighted by Crippen LogP contribution is 2.50. The van der Waals surface area contributed by atoms with Gasteiger partial charge in [0.25, 0.3) is 0 Å². The van der Waals surface area contributed by atoms with Crippen LogP contribution in [0.25, 0.3) is 0 Å². The number of nitrogens with zero attached hydrogens (tertiary/aromatic N) is 1. The third-order valence-electron chi connectivity index (χ3n) is 4.01. The summed E-state index contributed by atoms with van der Waals surface area (Å²) in [6, 6.07) is 14.5. The quantitative estimate of drug-likeness (QED) is 0.887. The van der Waals surface area contributed by atoms with Crippen LogP contribution in [-0.4, -0.2) is 16.2 Å². The first-order chi connectivity index (χ1) is 9.34. The molecule has 1 fully saturated rings. The van der Waals surface area contributed by atoms with E-state index in [2.05, 4.69) is 35.3 Å². The fraction of sp³-hybridized carbons (Fsp3) is 0.353. The van der Waals surface area contributed by atoms with Crippen molar-refractivity contribution in [2.75, 3.05) is 0 Å². The molecule has 0 bridgehead atoms. The molecule has 1 N–H and O–H groups in total. The molecule has 2 nitrogen and oxygen atoms in total. The lowest BCUT2D eigenvalue weighted by molar-refractivity contribution is 0.139. The summed E-state index contributed by atoms with van der Waals surface area (Å²) in [4.78, 5) is 4.10. The van der Waals surface area contributed by atoms with Crippen LogP contribution < -0.4 is 0 Å². The third kappa shape index (κ3) is 3.02. The van der Waals surface area contributed by atoms with E-state index in [4.69, 9.17) is 0 Å². The largest absolute Gasteiger partial charge is 0.393 e. The molecule has 3 unspecified atom stereocenters. The summed E-state index contributed by atoms with van der Waals surface area (Å²) in [6.07, 6.45) is 6.34. The van der Waals surface area contributed by atoms with Crippen LogP contribution in [0.15, 0.2) is 54.9 Å². The second-order valence-electron chi connectivity index (χ2n) is 5.38. The number of hydrogen-bond acceptors (Lipinski definition) is 2. The summed E-state index contributed by atoms with van der Waals surface area (Å²) in [5, 5.41) is 10.3. The summed E-state index contributed by atoms with van der Waals surface area (Å²) in [7, 11) is 0. The Morgan fingerprint density at radius 3 is 2.74 bits per heavy atom. The van der Waals surface area contributed by atoms with Crippen molar-refractivity contribution in [3.05, 3.63) is 66.0 Å². The van der Waals surface area contributed by atoms with E-state index < -0.39 is 0 Å². The van der Waals surface area contributed by atoms with Gasteiger partial charge in [0, 0.05) is 12.4 Å². The zero-order valence-electron chi connectivity index (χ0n) is 10.9. The molecule has 0 saturated heterocycles. The molecule has 0 spiro atoms. The highest BCUT2D eigenvalue weighted by atomic mass is 16.3. The van der Waals surface area contributed by atoms with Crippen molar-refractivity contribution in [3.8, 4) is 0 Å². The molecule has 3 rings (SSSR count). The van der Waals surface area contributed by atoms with Gasteiger partial charge in [0.05, 0.1) is 6.10 Å². The van der Waals surface area contributed by atoms with E-state index in [1.165, 1.54) is 11.1 Å². The van der Waals surface area contributed by atoms with Gasteiger partial charge < -0.3 is 5.11 Å². The standard InChI is InChI=1S/C17H19NO/c19-17(9-8-13-5-4-10-18-12-13)16-11-15(16)14-6-2-1-3-7-14/h1-7,10,12,15-17,19H,8-9,11H2. The van der Waals surface area contributed by atoms with Crippen LogP contribution in [0.4, 0.5) is 0 Å². The summed E-state index contributed by atoms with van der Waals surface area (Å²) in [5.74, 6) is 1.00. The zero-order valence-corrected chi connectivity index (χ0v) is 10.9. The van der Waals surface area contributed by atoms with Crippen LogP contribution in [0, 0.1) is 5.92 Å². The van der Waals surface area contributed by atoms with Gasteiger partial charge >= 0.3 is 0 Å². The first-order valence-electron chi connectivity index (χ1n) is 6.96. The lowest BCUT2D eigenvalue weighted by Gasteiger charge is -2.10. The van der Waals surface area contributed by atoms with E-state index in [-0.39, 0.29) is 6.10 Å². The van der Waals surface area contributed by atoms with Gasteiger partial charge in [-0.2, -0.15) is 0 Å². The Balaban J connectivity index is 1.52. The Morgan fingerprint density at radius 1 is 1.16 bits per heavy atom. The SMILES string of the molecule is OC(CCc1cccnc1)C1CC1c1ccccc1.